The molecule has 0 saturated heterocycles. The molecule has 0 aromatic heterocycles. The minimum absolute atomic E-state index is 0.0583. The highest BCUT2D eigenvalue weighted by molar-refractivity contribution is 6.35. The molecule has 1 atom stereocenters. The van der Waals surface area contributed by atoms with E-state index < -0.39 is 17.9 Å². The highest BCUT2D eigenvalue weighted by Gasteiger charge is 2.37. The summed E-state index contributed by atoms with van der Waals surface area (Å²) in [5, 5.41) is 5.99. The molecule has 2 saturated carbocycles. The van der Waals surface area contributed by atoms with Crippen molar-refractivity contribution in [3.8, 4) is 0 Å². The number of carbonyl (C=O) groups excluding carboxylic acids is 3. The van der Waals surface area contributed by atoms with Gasteiger partial charge in [0, 0.05) is 18.1 Å². The van der Waals surface area contributed by atoms with Gasteiger partial charge in [0.15, 0.2) is 0 Å². The largest absolute Gasteiger partial charge is 0.351 e. The molecular formula is C23H33N3O3. The number of benzene rings is 1. The molecule has 2 N–H and O–H groups in total. The Morgan fingerprint density at radius 2 is 1.38 bits per heavy atom. The molecule has 0 unspecified atom stereocenters. The maximum absolute atomic E-state index is 13.3. The van der Waals surface area contributed by atoms with E-state index in [2.05, 4.69) is 10.6 Å². The fourth-order valence-electron chi connectivity index (χ4n) is 4.51. The van der Waals surface area contributed by atoms with Gasteiger partial charge >= 0.3 is 11.8 Å². The molecule has 3 rings (SSSR count). The summed E-state index contributed by atoms with van der Waals surface area (Å²) in [5.41, 5.74) is 0.721. The first kappa shape index (κ1) is 21.3. The van der Waals surface area contributed by atoms with E-state index >= 15 is 0 Å². The molecule has 6 nitrogen and oxygen atoms in total. The van der Waals surface area contributed by atoms with Crippen LogP contribution in [0.15, 0.2) is 30.3 Å². The van der Waals surface area contributed by atoms with Crippen LogP contribution in [0.25, 0.3) is 0 Å². The monoisotopic (exact) mass is 399 g/mol. The second-order valence-electron chi connectivity index (χ2n) is 8.56. The Labute approximate surface area is 173 Å². The van der Waals surface area contributed by atoms with E-state index in [4.69, 9.17) is 0 Å². The minimum Gasteiger partial charge on any atom is -0.351 e. The summed E-state index contributed by atoms with van der Waals surface area (Å²) >= 11 is 0. The topological polar surface area (TPSA) is 78.5 Å². The van der Waals surface area contributed by atoms with E-state index in [0.717, 1.165) is 56.9 Å². The number of rotatable bonds is 6. The molecule has 158 valence electrons. The number of amides is 3. The Balaban J connectivity index is 1.83. The van der Waals surface area contributed by atoms with E-state index in [1.807, 2.05) is 44.2 Å². The highest BCUT2D eigenvalue weighted by Crippen LogP contribution is 2.26. The van der Waals surface area contributed by atoms with Gasteiger partial charge in [0.05, 0.1) is 0 Å². The van der Waals surface area contributed by atoms with Gasteiger partial charge in [-0.05, 0) is 45.1 Å². The van der Waals surface area contributed by atoms with Crippen LogP contribution in [0, 0.1) is 0 Å². The van der Waals surface area contributed by atoms with E-state index in [0.29, 0.717) is 0 Å². The van der Waals surface area contributed by atoms with Crippen molar-refractivity contribution < 1.29 is 14.4 Å². The standard InChI is InChI=1S/C23H33N3O3/c1-16(2)26(23(29)22(28)25-19-14-8-9-15-19)20(17-10-4-3-5-11-17)21(27)24-18-12-6-7-13-18/h3-5,10-11,16,18-20H,6-9,12-15H2,1-2H3,(H,24,27)(H,25,28)/t20-/m1/s1. The minimum atomic E-state index is -0.821. The predicted molar refractivity (Wildman–Crippen MR) is 112 cm³/mol. The Morgan fingerprint density at radius 1 is 0.862 bits per heavy atom. The first-order valence-corrected chi connectivity index (χ1v) is 11.0. The summed E-state index contributed by atoms with van der Waals surface area (Å²) in [7, 11) is 0. The zero-order valence-corrected chi connectivity index (χ0v) is 17.5. The van der Waals surface area contributed by atoms with Crippen molar-refractivity contribution in [3.05, 3.63) is 35.9 Å². The number of nitrogens with zero attached hydrogens (tertiary/aromatic N) is 1. The normalized spacial score (nSPS) is 18.6. The Bertz CT molecular complexity index is 707. The molecule has 1 aromatic rings. The van der Waals surface area contributed by atoms with Gasteiger partial charge in [0.25, 0.3) is 0 Å². The molecule has 1 aromatic carbocycles. The van der Waals surface area contributed by atoms with Gasteiger partial charge in [-0.1, -0.05) is 56.0 Å². The SMILES string of the molecule is CC(C)N(C(=O)C(=O)NC1CCCC1)[C@@H](C(=O)NC1CCCC1)c1ccccc1. The fraction of sp³-hybridized carbons (Fsp3) is 0.609. The second kappa shape index (κ2) is 9.90. The second-order valence-corrected chi connectivity index (χ2v) is 8.56. The smallest absolute Gasteiger partial charge is 0.313 e. The molecule has 2 aliphatic rings. The van der Waals surface area contributed by atoms with Crippen LogP contribution in [-0.4, -0.2) is 40.7 Å². The highest BCUT2D eigenvalue weighted by atomic mass is 16.2. The predicted octanol–water partition coefficient (Wildman–Crippen LogP) is 3.08. The van der Waals surface area contributed by atoms with Crippen molar-refractivity contribution in [1.82, 2.24) is 15.5 Å². The lowest BCUT2D eigenvalue weighted by Gasteiger charge is -2.35. The van der Waals surface area contributed by atoms with E-state index in [9.17, 15) is 14.4 Å². The van der Waals surface area contributed by atoms with Gasteiger partial charge in [-0.15, -0.1) is 0 Å². The van der Waals surface area contributed by atoms with Crippen LogP contribution in [0.1, 0.15) is 76.8 Å². The first-order valence-electron chi connectivity index (χ1n) is 11.0. The van der Waals surface area contributed by atoms with E-state index in [1.54, 1.807) is 0 Å². The van der Waals surface area contributed by atoms with Crippen LogP contribution in [0.5, 0.6) is 0 Å². The van der Waals surface area contributed by atoms with Gasteiger partial charge < -0.3 is 15.5 Å². The third-order valence-electron chi connectivity index (χ3n) is 6.02. The van der Waals surface area contributed by atoms with E-state index in [-0.39, 0.29) is 24.0 Å². The van der Waals surface area contributed by atoms with Crippen molar-refractivity contribution in [2.75, 3.05) is 0 Å². The molecule has 3 amide bonds. The molecule has 2 fully saturated rings. The van der Waals surface area contributed by atoms with Gasteiger partial charge in [0.2, 0.25) is 5.91 Å². The third kappa shape index (κ3) is 5.37. The van der Waals surface area contributed by atoms with Gasteiger partial charge in [0.1, 0.15) is 6.04 Å². The lowest BCUT2D eigenvalue weighted by atomic mass is 10.0. The molecule has 0 aliphatic heterocycles. The quantitative estimate of drug-likeness (QED) is 0.722. The zero-order valence-electron chi connectivity index (χ0n) is 17.5. The Hall–Kier alpha value is -2.37. The molecule has 0 bridgehead atoms. The lowest BCUT2D eigenvalue weighted by Crippen LogP contribution is -2.53. The van der Waals surface area contributed by atoms with Crippen molar-refractivity contribution in [1.29, 1.82) is 0 Å². The summed E-state index contributed by atoms with van der Waals surface area (Å²) < 4.78 is 0. The molecule has 0 heterocycles. The summed E-state index contributed by atoms with van der Waals surface area (Å²) in [5.74, 6) is -1.46. The van der Waals surface area contributed by atoms with Crippen molar-refractivity contribution in [2.45, 2.75) is 89.4 Å². The molecule has 0 spiro atoms. The Morgan fingerprint density at radius 3 is 1.90 bits per heavy atom. The molecule has 6 heteroatoms. The van der Waals surface area contributed by atoms with Gasteiger partial charge in [-0.25, -0.2) is 0 Å². The number of hydrogen-bond acceptors (Lipinski definition) is 3. The third-order valence-corrected chi connectivity index (χ3v) is 6.02. The van der Waals surface area contributed by atoms with Crippen LogP contribution in [0.4, 0.5) is 0 Å². The Kier molecular flexibility index (Phi) is 7.29. The summed E-state index contributed by atoms with van der Waals surface area (Å²) in [6.45, 7) is 3.69. The fourth-order valence-corrected chi connectivity index (χ4v) is 4.51. The average molecular weight is 400 g/mol. The maximum Gasteiger partial charge on any atom is 0.313 e. The van der Waals surface area contributed by atoms with Crippen LogP contribution >= 0.6 is 0 Å². The lowest BCUT2D eigenvalue weighted by molar-refractivity contribution is -0.152. The summed E-state index contributed by atoms with van der Waals surface area (Å²) in [6.07, 6.45) is 8.11. The molecule has 29 heavy (non-hydrogen) atoms. The maximum atomic E-state index is 13.3. The summed E-state index contributed by atoms with van der Waals surface area (Å²) in [6, 6.07) is 8.36. The van der Waals surface area contributed by atoms with Crippen LogP contribution < -0.4 is 10.6 Å². The van der Waals surface area contributed by atoms with Crippen LogP contribution in [0.3, 0.4) is 0 Å². The average Bonchev–Trinajstić information content (AvgIpc) is 3.40. The summed E-state index contributed by atoms with van der Waals surface area (Å²) in [4.78, 5) is 40.6. The number of nitrogens with one attached hydrogen (secondary N) is 2. The first-order chi connectivity index (χ1) is 14.0. The van der Waals surface area contributed by atoms with Crippen molar-refractivity contribution in [2.24, 2.45) is 0 Å². The van der Waals surface area contributed by atoms with Crippen molar-refractivity contribution >= 4 is 17.7 Å². The molecule has 0 radical (unpaired) electrons. The zero-order chi connectivity index (χ0) is 20.8. The van der Waals surface area contributed by atoms with Gasteiger partial charge in [-0.2, -0.15) is 0 Å². The van der Waals surface area contributed by atoms with Crippen molar-refractivity contribution in [3.63, 3.8) is 0 Å². The van der Waals surface area contributed by atoms with Gasteiger partial charge in [-0.3, -0.25) is 14.4 Å². The van der Waals surface area contributed by atoms with E-state index in [1.165, 1.54) is 4.90 Å². The number of hydrogen-bond donors (Lipinski definition) is 2. The molecular weight excluding hydrogens is 366 g/mol. The van der Waals surface area contributed by atoms with Crippen LogP contribution in [0.2, 0.25) is 0 Å². The molecule has 2 aliphatic carbocycles. The van der Waals surface area contributed by atoms with Crippen LogP contribution in [-0.2, 0) is 14.4 Å². The number of carbonyl (C=O) groups is 3.